The summed E-state index contributed by atoms with van der Waals surface area (Å²) in [5.41, 5.74) is -0.426. The number of nitrogens with zero attached hydrogens (tertiary/aromatic N) is 3. The topological polar surface area (TPSA) is 45.7 Å². The predicted molar refractivity (Wildman–Crippen MR) is 94.0 cm³/mol. The zero-order valence-electron chi connectivity index (χ0n) is 14.3. The molecular formula is C16H26ClN3O2S. The average molecular weight is 360 g/mol. The van der Waals surface area contributed by atoms with Gasteiger partial charge in [-0.05, 0) is 46.6 Å². The summed E-state index contributed by atoms with van der Waals surface area (Å²) in [5.74, 6) is 0.613. The van der Waals surface area contributed by atoms with E-state index in [2.05, 4.69) is 16.9 Å². The summed E-state index contributed by atoms with van der Waals surface area (Å²) in [6, 6.07) is 0. The molecule has 1 fully saturated rings. The largest absolute Gasteiger partial charge is 0.444 e. The molecule has 0 unspecified atom stereocenters. The van der Waals surface area contributed by atoms with Gasteiger partial charge in [0.15, 0.2) is 4.47 Å². The van der Waals surface area contributed by atoms with Crippen LogP contribution in [0.5, 0.6) is 0 Å². The number of likely N-dealkylation sites (tertiary alicyclic amines) is 1. The number of piperidine rings is 1. The molecule has 1 aromatic heterocycles. The summed E-state index contributed by atoms with van der Waals surface area (Å²) in [7, 11) is 2.12. The van der Waals surface area contributed by atoms with E-state index in [4.69, 9.17) is 16.3 Å². The molecule has 2 heterocycles. The maximum Gasteiger partial charge on any atom is 0.410 e. The van der Waals surface area contributed by atoms with Gasteiger partial charge in [-0.2, -0.15) is 0 Å². The number of hydrogen-bond acceptors (Lipinski definition) is 5. The Morgan fingerprint density at radius 3 is 2.65 bits per heavy atom. The van der Waals surface area contributed by atoms with Crippen LogP contribution in [0, 0.1) is 5.92 Å². The third-order valence-corrected chi connectivity index (χ3v) is 4.89. The number of amides is 1. The first-order valence-electron chi connectivity index (χ1n) is 7.99. The van der Waals surface area contributed by atoms with E-state index in [9.17, 15) is 4.79 Å². The number of carbonyl (C=O) groups excluding carboxylic acids is 1. The lowest BCUT2D eigenvalue weighted by Crippen LogP contribution is -2.43. The average Bonchev–Trinajstić information content (AvgIpc) is 2.82. The fourth-order valence-electron chi connectivity index (χ4n) is 2.75. The van der Waals surface area contributed by atoms with Gasteiger partial charge in [-0.25, -0.2) is 9.78 Å². The van der Waals surface area contributed by atoms with E-state index >= 15 is 0 Å². The van der Waals surface area contributed by atoms with Crippen LogP contribution in [0.25, 0.3) is 0 Å². The molecule has 0 N–H and O–H groups in total. The Balaban J connectivity index is 1.73. The van der Waals surface area contributed by atoms with Gasteiger partial charge in [0.1, 0.15) is 5.60 Å². The highest BCUT2D eigenvalue weighted by atomic mass is 35.5. The predicted octanol–water partition coefficient (Wildman–Crippen LogP) is 3.88. The molecule has 1 aromatic rings. The number of carbonyl (C=O) groups is 1. The van der Waals surface area contributed by atoms with Crippen LogP contribution in [0.1, 0.15) is 38.5 Å². The van der Waals surface area contributed by atoms with E-state index in [1.807, 2.05) is 31.9 Å². The molecule has 1 aliphatic heterocycles. The van der Waals surface area contributed by atoms with Gasteiger partial charge < -0.3 is 14.5 Å². The van der Waals surface area contributed by atoms with Crippen molar-refractivity contribution < 1.29 is 9.53 Å². The van der Waals surface area contributed by atoms with Gasteiger partial charge in [-0.15, -0.1) is 11.3 Å². The Hall–Kier alpha value is -0.850. The molecule has 2 rings (SSSR count). The minimum atomic E-state index is -0.426. The second kappa shape index (κ2) is 7.81. The van der Waals surface area contributed by atoms with Crippen LogP contribution >= 0.6 is 22.9 Å². The third-order valence-electron chi connectivity index (χ3n) is 3.79. The van der Waals surface area contributed by atoms with Crippen LogP contribution in [0.15, 0.2) is 6.20 Å². The van der Waals surface area contributed by atoms with E-state index in [-0.39, 0.29) is 6.09 Å². The Morgan fingerprint density at radius 1 is 1.48 bits per heavy atom. The van der Waals surface area contributed by atoms with Gasteiger partial charge in [0.05, 0.1) is 0 Å². The van der Waals surface area contributed by atoms with E-state index in [1.54, 1.807) is 0 Å². The lowest BCUT2D eigenvalue weighted by Gasteiger charge is -2.34. The highest BCUT2D eigenvalue weighted by Crippen LogP contribution is 2.23. The first-order chi connectivity index (χ1) is 10.7. The van der Waals surface area contributed by atoms with Crippen LogP contribution in [0.3, 0.4) is 0 Å². The Bertz CT molecular complexity index is 522. The zero-order chi connectivity index (χ0) is 17.0. The minimum absolute atomic E-state index is 0.191. The molecule has 5 nitrogen and oxygen atoms in total. The first kappa shape index (κ1) is 18.5. The van der Waals surface area contributed by atoms with Crippen molar-refractivity contribution in [3.63, 3.8) is 0 Å². The lowest BCUT2D eigenvalue weighted by atomic mass is 9.96. The molecule has 1 aliphatic rings. The van der Waals surface area contributed by atoms with Gasteiger partial charge in [-0.1, -0.05) is 11.6 Å². The number of halogens is 1. The summed E-state index contributed by atoms with van der Waals surface area (Å²) in [4.78, 5) is 21.4. The summed E-state index contributed by atoms with van der Waals surface area (Å²) in [6.45, 7) is 9.16. The van der Waals surface area contributed by atoms with Crippen molar-refractivity contribution in [1.29, 1.82) is 0 Å². The fraction of sp³-hybridized carbons (Fsp3) is 0.750. The van der Waals surface area contributed by atoms with Gasteiger partial charge in [0, 0.05) is 37.3 Å². The maximum absolute atomic E-state index is 12.1. The number of hydrogen-bond donors (Lipinski definition) is 0. The van der Waals surface area contributed by atoms with E-state index in [0.29, 0.717) is 10.4 Å². The Kier molecular flexibility index (Phi) is 6.28. The maximum atomic E-state index is 12.1. The van der Waals surface area contributed by atoms with Crippen molar-refractivity contribution in [3.8, 4) is 0 Å². The molecule has 0 aromatic carbocycles. The van der Waals surface area contributed by atoms with Crippen LogP contribution in [-0.2, 0) is 11.3 Å². The molecule has 0 radical (unpaired) electrons. The van der Waals surface area contributed by atoms with Crippen molar-refractivity contribution in [2.24, 2.45) is 5.92 Å². The number of ether oxygens (including phenoxy) is 1. The minimum Gasteiger partial charge on any atom is -0.444 e. The SMILES string of the molecule is CN(Cc1cnc(Cl)s1)CC1CCN(C(=O)OC(C)(C)C)CC1. The first-order valence-corrected chi connectivity index (χ1v) is 9.19. The Labute approximate surface area is 147 Å². The van der Waals surface area contributed by atoms with Gasteiger partial charge in [0.25, 0.3) is 0 Å². The molecule has 0 atom stereocenters. The number of thiazole rings is 1. The molecule has 1 saturated heterocycles. The van der Waals surface area contributed by atoms with Crippen LogP contribution in [0.2, 0.25) is 4.47 Å². The number of aromatic nitrogens is 1. The van der Waals surface area contributed by atoms with Crippen LogP contribution in [-0.4, -0.2) is 53.2 Å². The molecule has 0 aliphatic carbocycles. The zero-order valence-corrected chi connectivity index (χ0v) is 15.9. The molecule has 7 heteroatoms. The van der Waals surface area contributed by atoms with Crippen molar-refractivity contribution in [1.82, 2.24) is 14.8 Å². The van der Waals surface area contributed by atoms with E-state index in [1.165, 1.54) is 16.2 Å². The summed E-state index contributed by atoms with van der Waals surface area (Å²) < 4.78 is 6.03. The Morgan fingerprint density at radius 2 is 2.13 bits per heavy atom. The molecule has 23 heavy (non-hydrogen) atoms. The van der Waals surface area contributed by atoms with E-state index < -0.39 is 5.60 Å². The van der Waals surface area contributed by atoms with Gasteiger partial charge >= 0.3 is 6.09 Å². The second-order valence-corrected chi connectivity index (χ2v) is 8.88. The van der Waals surface area contributed by atoms with Crippen molar-refractivity contribution in [2.45, 2.75) is 45.8 Å². The summed E-state index contributed by atoms with van der Waals surface area (Å²) in [6.07, 6.45) is 3.69. The smallest absolute Gasteiger partial charge is 0.410 e. The third kappa shape index (κ3) is 6.28. The van der Waals surface area contributed by atoms with Gasteiger partial charge in [-0.3, -0.25) is 0 Å². The summed E-state index contributed by atoms with van der Waals surface area (Å²) >= 11 is 7.40. The second-order valence-electron chi connectivity index (χ2n) is 7.19. The molecule has 1 amide bonds. The van der Waals surface area contributed by atoms with Crippen molar-refractivity contribution in [2.75, 3.05) is 26.7 Å². The quantitative estimate of drug-likeness (QED) is 0.818. The van der Waals surface area contributed by atoms with Gasteiger partial charge in [0.2, 0.25) is 0 Å². The molecule has 0 bridgehead atoms. The summed E-state index contributed by atoms with van der Waals surface area (Å²) in [5, 5.41) is 0. The molecule has 130 valence electrons. The standard InChI is InChI=1S/C16H26ClN3O2S/c1-16(2,3)22-15(21)20-7-5-12(6-8-20)10-19(4)11-13-9-18-14(17)23-13/h9,12H,5-8,10-11H2,1-4H3. The highest BCUT2D eigenvalue weighted by Gasteiger charge is 2.27. The number of rotatable bonds is 4. The van der Waals surface area contributed by atoms with Crippen LogP contribution < -0.4 is 0 Å². The lowest BCUT2D eigenvalue weighted by molar-refractivity contribution is 0.0172. The molecule has 0 spiro atoms. The highest BCUT2D eigenvalue weighted by molar-refractivity contribution is 7.15. The molecule has 0 saturated carbocycles. The monoisotopic (exact) mass is 359 g/mol. The van der Waals surface area contributed by atoms with E-state index in [0.717, 1.165) is 39.0 Å². The fourth-order valence-corrected chi connectivity index (χ4v) is 3.81. The molecular weight excluding hydrogens is 334 g/mol. The van der Waals surface area contributed by atoms with Crippen molar-refractivity contribution in [3.05, 3.63) is 15.5 Å². The van der Waals surface area contributed by atoms with Crippen LogP contribution in [0.4, 0.5) is 4.79 Å². The normalized spacial score (nSPS) is 16.9. The van der Waals surface area contributed by atoms with Crippen molar-refractivity contribution >= 4 is 29.0 Å².